The van der Waals surface area contributed by atoms with E-state index in [-0.39, 0.29) is 6.09 Å². The normalized spacial score (nSPS) is 19.6. The van der Waals surface area contributed by atoms with Crippen LogP contribution in [0.1, 0.15) is 45.6 Å². The molecular weight excluding hydrogens is 344 g/mol. The first-order chi connectivity index (χ1) is 10.3. The molecule has 1 fully saturated rings. The number of amides is 1. The number of hydrogen-bond donors (Lipinski definition) is 0. The summed E-state index contributed by atoms with van der Waals surface area (Å²) in [6, 6.07) is 2.13. The van der Waals surface area contributed by atoms with Gasteiger partial charge in [0.05, 0.1) is 0 Å². The summed E-state index contributed by atoms with van der Waals surface area (Å²) in [5, 5.41) is 0. The highest BCUT2D eigenvalue weighted by Crippen LogP contribution is 2.23. The minimum atomic E-state index is -0.426. The number of ether oxygens (including phenoxy) is 1. The Morgan fingerprint density at radius 2 is 2.14 bits per heavy atom. The van der Waals surface area contributed by atoms with Gasteiger partial charge in [-0.05, 0) is 79.9 Å². The number of hydrogen-bond acceptors (Lipinski definition) is 3. The molecule has 1 unspecified atom stereocenters. The van der Waals surface area contributed by atoms with E-state index < -0.39 is 5.60 Å². The quantitative estimate of drug-likeness (QED) is 0.775. The summed E-state index contributed by atoms with van der Waals surface area (Å²) in [5.41, 5.74) is 0.829. The van der Waals surface area contributed by atoms with Crippen molar-refractivity contribution in [2.45, 2.75) is 52.1 Å². The lowest BCUT2D eigenvalue weighted by Gasteiger charge is -2.26. The molecule has 5 heteroatoms. The highest BCUT2D eigenvalue weighted by Gasteiger charge is 2.25. The topological polar surface area (TPSA) is 42.4 Å². The number of pyridine rings is 1. The van der Waals surface area contributed by atoms with Gasteiger partial charge >= 0.3 is 6.09 Å². The second-order valence-corrected chi connectivity index (χ2v) is 7.90. The zero-order valence-electron chi connectivity index (χ0n) is 13.6. The summed E-state index contributed by atoms with van der Waals surface area (Å²) in [6.07, 6.45) is 7.77. The lowest BCUT2D eigenvalue weighted by atomic mass is 9.93. The Morgan fingerprint density at radius 1 is 1.36 bits per heavy atom. The summed E-state index contributed by atoms with van der Waals surface area (Å²) in [6.45, 7) is 7.30. The molecule has 0 saturated carbocycles. The third-order valence-electron chi connectivity index (χ3n) is 3.79. The minimum Gasteiger partial charge on any atom is -0.444 e. The van der Waals surface area contributed by atoms with E-state index in [1.807, 2.05) is 31.9 Å². The molecule has 1 aromatic rings. The fourth-order valence-corrected chi connectivity index (χ4v) is 3.19. The Labute approximate surface area is 141 Å². The average molecular weight is 369 g/mol. The highest BCUT2D eigenvalue weighted by atomic mass is 79.9. The fourth-order valence-electron chi connectivity index (χ4n) is 2.78. The monoisotopic (exact) mass is 368 g/mol. The van der Waals surface area contributed by atoms with E-state index >= 15 is 0 Å². The maximum absolute atomic E-state index is 12.2. The average Bonchev–Trinajstić information content (AvgIpc) is 2.62. The van der Waals surface area contributed by atoms with E-state index in [9.17, 15) is 4.79 Å². The van der Waals surface area contributed by atoms with E-state index in [4.69, 9.17) is 4.74 Å². The molecule has 1 aliphatic heterocycles. The van der Waals surface area contributed by atoms with Crippen LogP contribution in [0, 0.1) is 5.92 Å². The summed E-state index contributed by atoms with van der Waals surface area (Å²) in [5.74, 6) is 0.600. The number of halogens is 1. The van der Waals surface area contributed by atoms with Gasteiger partial charge < -0.3 is 9.64 Å². The molecule has 1 aliphatic rings. The van der Waals surface area contributed by atoms with Gasteiger partial charge in [-0.1, -0.05) is 0 Å². The number of likely N-dealkylation sites (tertiary alicyclic amines) is 1. The van der Waals surface area contributed by atoms with Crippen molar-refractivity contribution < 1.29 is 9.53 Å². The number of aromatic nitrogens is 1. The van der Waals surface area contributed by atoms with E-state index in [0.717, 1.165) is 43.2 Å². The van der Waals surface area contributed by atoms with Gasteiger partial charge in [0.1, 0.15) is 5.60 Å². The number of carbonyl (C=O) groups is 1. The molecule has 2 heterocycles. The highest BCUT2D eigenvalue weighted by molar-refractivity contribution is 9.10. The van der Waals surface area contributed by atoms with Gasteiger partial charge in [0.2, 0.25) is 0 Å². The zero-order valence-corrected chi connectivity index (χ0v) is 15.2. The van der Waals surface area contributed by atoms with Gasteiger partial charge in [0.15, 0.2) is 0 Å². The van der Waals surface area contributed by atoms with Gasteiger partial charge in [-0.3, -0.25) is 4.98 Å². The SMILES string of the molecule is CC(C)(C)OC(=O)N1CCCC(Cc2cncc(Br)c2)CC1. The molecule has 4 nitrogen and oxygen atoms in total. The largest absolute Gasteiger partial charge is 0.444 e. The van der Waals surface area contributed by atoms with Crippen LogP contribution in [-0.4, -0.2) is 34.7 Å². The first-order valence-corrected chi connectivity index (χ1v) is 8.70. The first-order valence-electron chi connectivity index (χ1n) is 7.91. The summed E-state index contributed by atoms with van der Waals surface area (Å²) < 4.78 is 6.50. The van der Waals surface area contributed by atoms with Crippen molar-refractivity contribution in [2.75, 3.05) is 13.1 Å². The molecule has 0 spiro atoms. The molecule has 1 amide bonds. The van der Waals surface area contributed by atoms with Crippen molar-refractivity contribution >= 4 is 22.0 Å². The van der Waals surface area contributed by atoms with Gasteiger partial charge in [0.25, 0.3) is 0 Å². The smallest absolute Gasteiger partial charge is 0.410 e. The van der Waals surface area contributed by atoms with Crippen molar-refractivity contribution in [2.24, 2.45) is 5.92 Å². The molecule has 0 aromatic carbocycles. The van der Waals surface area contributed by atoms with Crippen molar-refractivity contribution in [3.8, 4) is 0 Å². The Bertz CT molecular complexity index is 514. The van der Waals surface area contributed by atoms with Gasteiger partial charge in [-0.15, -0.1) is 0 Å². The van der Waals surface area contributed by atoms with Crippen LogP contribution in [0.25, 0.3) is 0 Å². The minimum absolute atomic E-state index is 0.183. The maximum atomic E-state index is 12.2. The van der Waals surface area contributed by atoms with Crippen LogP contribution in [0.2, 0.25) is 0 Å². The van der Waals surface area contributed by atoms with Crippen LogP contribution in [0.4, 0.5) is 4.79 Å². The molecule has 0 N–H and O–H groups in total. The Kier molecular flexibility index (Phi) is 5.84. The first kappa shape index (κ1) is 17.3. The van der Waals surface area contributed by atoms with E-state index in [0.29, 0.717) is 5.92 Å². The van der Waals surface area contributed by atoms with Crippen molar-refractivity contribution in [3.63, 3.8) is 0 Å². The van der Waals surface area contributed by atoms with Crippen LogP contribution in [0.15, 0.2) is 22.9 Å². The second kappa shape index (κ2) is 7.44. The van der Waals surface area contributed by atoms with Crippen LogP contribution < -0.4 is 0 Å². The third-order valence-corrected chi connectivity index (χ3v) is 4.22. The summed E-state index contributed by atoms with van der Waals surface area (Å²) in [4.78, 5) is 18.2. The molecule has 1 atom stereocenters. The standard InChI is InChI=1S/C17H25BrN2O2/c1-17(2,3)22-16(21)20-7-4-5-13(6-8-20)9-14-10-15(18)12-19-11-14/h10-13H,4-9H2,1-3H3. The van der Waals surface area contributed by atoms with Gasteiger partial charge in [-0.2, -0.15) is 0 Å². The van der Waals surface area contributed by atoms with Crippen molar-refractivity contribution in [1.29, 1.82) is 0 Å². The predicted molar refractivity (Wildman–Crippen MR) is 90.8 cm³/mol. The molecule has 22 heavy (non-hydrogen) atoms. The number of carbonyl (C=O) groups excluding carboxylic acids is 1. The molecule has 0 aliphatic carbocycles. The van der Waals surface area contributed by atoms with Gasteiger partial charge in [0, 0.05) is 30.0 Å². The summed E-state index contributed by atoms with van der Waals surface area (Å²) >= 11 is 3.47. The van der Waals surface area contributed by atoms with E-state index in [1.54, 1.807) is 6.20 Å². The number of nitrogens with zero attached hydrogens (tertiary/aromatic N) is 2. The van der Waals surface area contributed by atoms with Crippen LogP contribution in [0.3, 0.4) is 0 Å². The molecule has 1 aromatic heterocycles. The maximum Gasteiger partial charge on any atom is 0.410 e. The van der Waals surface area contributed by atoms with E-state index in [1.165, 1.54) is 5.56 Å². The van der Waals surface area contributed by atoms with Gasteiger partial charge in [-0.25, -0.2) is 4.79 Å². The van der Waals surface area contributed by atoms with Crippen LogP contribution in [-0.2, 0) is 11.2 Å². The fraction of sp³-hybridized carbons (Fsp3) is 0.647. The molecule has 0 radical (unpaired) electrons. The van der Waals surface area contributed by atoms with Crippen LogP contribution in [0.5, 0.6) is 0 Å². The lowest BCUT2D eigenvalue weighted by molar-refractivity contribution is 0.0255. The molecule has 122 valence electrons. The Morgan fingerprint density at radius 3 is 2.82 bits per heavy atom. The Hall–Kier alpha value is -1.10. The third kappa shape index (κ3) is 5.59. The summed E-state index contributed by atoms with van der Waals surface area (Å²) in [7, 11) is 0. The molecule has 2 rings (SSSR count). The van der Waals surface area contributed by atoms with Crippen molar-refractivity contribution in [3.05, 3.63) is 28.5 Å². The predicted octanol–water partition coefficient (Wildman–Crippen LogP) is 4.42. The van der Waals surface area contributed by atoms with Crippen LogP contribution >= 0.6 is 15.9 Å². The van der Waals surface area contributed by atoms with E-state index in [2.05, 4.69) is 27.0 Å². The Balaban J connectivity index is 1.88. The molecule has 0 bridgehead atoms. The number of rotatable bonds is 2. The molecular formula is C17H25BrN2O2. The lowest BCUT2D eigenvalue weighted by Crippen LogP contribution is -2.37. The zero-order chi connectivity index (χ0) is 16.2. The second-order valence-electron chi connectivity index (χ2n) is 6.98. The molecule has 1 saturated heterocycles. The van der Waals surface area contributed by atoms with Crippen molar-refractivity contribution in [1.82, 2.24) is 9.88 Å².